The van der Waals surface area contributed by atoms with Crippen molar-refractivity contribution >= 4 is 5.78 Å². The highest BCUT2D eigenvalue weighted by Gasteiger charge is 2.46. The fourth-order valence-electron chi connectivity index (χ4n) is 2.10. The number of rotatable bonds is 2. The zero-order chi connectivity index (χ0) is 10.2. The Morgan fingerprint density at radius 2 is 2.00 bits per heavy atom. The highest BCUT2D eigenvalue weighted by Crippen LogP contribution is 2.25. The van der Waals surface area contributed by atoms with Crippen molar-refractivity contribution in [1.82, 2.24) is 0 Å². The molecule has 3 heteroatoms. The molecule has 13 heavy (non-hydrogen) atoms. The Kier molecular flexibility index (Phi) is 2.78. The Bertz CT molecular complexity index is 211. The average molecular weight is 186 g/mol. The van der Waals surface area contributed by atoms with Crippen molar-refractivity contribution in [3.05, 3.63) is 0 Å². The maximum Gasteiger partial charge on any atom is 0.195 e. The summed E-state index contributed by atoms with van der Waals surface area (Å²) in [6, 6.07) is -0.208. The van der Waals surface area contributed by atoms with E-state index in [0.29, 0.717) is 4.48 Å². The number of quaternary nitrogens is 1. The third-order valence-corrected chi connectivity index (χ3v) is 2.98. The zero-order valence-electron chi connectivity index (χ0n) is 8.95. The highest BCUT2D eigenvalue weighted by atomic mass is 16.3. The van der Waals surface area contributed by atoms with E-state index < -0.39 is 6.10 Å². The lowest BCUT2D eigenvalue weighted by Gasteiger charge is -2.32. The minimum atomic E-state index is -0.440. The second kappa shape index (κ2) is 3.39. The minimum absolute atomic E-state index is 0.0233. The first-order chi connectivity index (χ1) is 5.86. The molecule has 1 N–H and O–H groups in total. The molecule has 0 aromatic heterocycles. The number of hydrogen-bond acceptors (Lipinski definition) is 2. The van der Waals surface area contributed by atoms with Gasteiger partial charge < -0.3 is 9.59 Å². The van der Waals surface area contributed by atoms with Gasteiger partial charge >= 0.3 is 0 Å². The maximum atomic E-state index is 11.8. The molecule has 2 atom stereocenters. The van der Waals surface area contributed by atoms with Crippen LogP contribution in [0.15, 0.2) is 0 Å². The normalized spacial score (nSPS) is 32.5. The number of likely N-dealkylation sites (tertiary alicyclic amines) is 1. The molecule has 1 saturated heterocycles. The van der Waals surface area contributed by atoms with Gasteiger partial charge in [-0.1, -0.05) is 13.8 Å². The van der Waals surface area contributed by atoms with E-state index in [-0.39, 0.29) is 17.7 Å². The van der Waals surface area contributed by atoms with Crippen LogP contribution in [0.2, 0.25) is 0 Å². The summed E-state index contributed by atoms with van der Waals surface area (Å²) in [6.07, 6.45) is 0.306. The average Bonchev–Trinajstić information content (AvgIpc) is 2.25. The number of carbonyl (C=O) groups is 1. The summed E-state index contributed by atoms with van der Waals surface area (Å²) in [4.78, 5) is 11.8. The number of aliphatic hydroxyl groups is 1. The molecule has 0 saturated carbocycles. The summed E-state index contributed by atoms with van der Waals surface area (Å²) in [5.74, 6) is 0.213. The number of likely N-dealkylation sites (N-methyl/N-ethyl adjacent to an activating group) is 1. The number of carbonyl (C=O) groups excluding carboxylic acids is 1. The van der Waals surface area contributed by atoms with Gasteiger partial charge in [0.15, 0.2) is 11.8 Å². The Labute approximate surface area is 79.9 Å². The monoisotopic (exact) mass is 186 g/mol. The number of nitrogens with zero attached hydrogens (tertiary/aromatic N) is 1. The molecule has 0 aromatic carbocycles. The van der Waals surface area contributed by atoms with Crippen molar-refractivity contribution in [3.63, 3.8) is 0 Å². The lowest BCUT2D eigenvalue weighted by atomic mass is 9.97. The molecule has 0 aromatic rings. The summed E-state index contributed by atoms with van der Waals surface area (Å²) < 4.78 is 0.637. The Morgan fingerprint density at radius 1 is 1.46 bits per heavy atom. The van der Waals surface area contributed by atoms with Crippen LogP contribution >= 0.6 is 0 Å². The van der Waals surface area contributed by atoms with E-state index in [1.54, 1.807) is 0 Å². The van der Waals surface area contributed by atoms with Gasteiger partial charge in [-0.15, -0.1) is 0 Å². The molecule has 1 aliphatic rings. The molecular weight excluding hydrogens is 166 g/mol. The molecule has 1 aliphatic heterocycles. The Hall–Kier alpha value is -0.410. The largest absolute Gasteiger partial charge is 0.386 e. The van der Waals surface area contributed by atoms with Gasteiger partial charge in [-0.05, 0) is 0 Å². The SMILES string of the molecule is CC(C)C(=O)[C@@H]1[C@@H](O)CC[N+]1(C)C. The summed E-state index contributed by atoms with van der Waals surface area (Å²) in [5.41, 5.74) is 0. The maximum absolute atomic E-state index is 11.8. The second-order valence-corrected chi connectivity index (χ2v) is 4.86. The van der Waals surface area contributed by atoms with E-state index in [2.05, 4.69) is 0 Å². The van der Waals surface area contributed by atoms with Gasteiger partial charge in [-0.25, -0.2) is 0 Å². The molecule has 0 aliphatic carbocycles. The second-order valence-electron chi connectivity index (χ2n) is 4.86. The van der Waals surface area contributed by atoms with E-state index >= 15 is 0 Å². The van der Waals surface area contributed by atoms with Gasteiger partial charge in [0.1, 0.15) is 6.10 Å². The van der Waals surface area contributed by atoms with Crippen molar-refractivity contribution in [2.24, 2.45) is 5.92 Å². The first-order valence-electron chi connectivity index (χ1n) is 4.90. The number of aliphatic hydroxyl groups excluding tert-OH is 1. The quantitative estimate of drug-likeness (QED) is 0.635. The predicted molar refractivity (Wildman–Crippen MR) is 51.2 cm³/mol. The minimum Gasteiger partial charge on any atom is -0.386 e. The third kappa shape index (κ3) is 1.92. The van der Waals surface area contributed by atoms with E-state index in [1.165, 1.54) is 0 Å². The van der Waals surface area contributed by atoms with Gasteiger partial charge in [0.05, 0.1) is 20.6 Å². The summed E-state index contributed by atoms with van der Waals surface area (Å²) in [5, 5.41) is 9.71. The fraction of sp³-hybridized carbons (Fsp3) is 0.900. The standard InChI is InChI=1S/C10H20NO2/c1-7(2)10(13)9-8(12)5-6-11(9,3)4/h7-9,12H,5-6H2,1-4H3/q+1/t8-,9-/m0/s1. The lowest BCUT2D eigenvalue weighted by Crippen LogP contribution is -2.53. The molecular formula is C10H20NO2+. The van der Waals surface area contributed by atoms with Gasteiger partial charge in [-0.2, -0.15) is 0 Å². The van der Waals surface area contributed by atoms with Crippen LogP contribution in [0.25, 0.3) is 0 Å². The molecule has 1 fully saturated rings. The van der Waals surface area contributed by atoms with Crippen molar-refractivity contribution in [1.29, 1.82) is 0 Å². The first-order valence-corrected chi connectivity index (χ1v) is 4.90. The van der Waals surface area contributed by atoms with Crippen molar-refractivity contribution < 1.29 is 14.4 Å². The molecule has 0 spiro atoms. The number of Topliss-reactive ketones (excluding diaryl/α,β-unsaturated/α-hetero) is 1. The molecule has 76 valence electrons. The fourth-order valence-corrected chi connectivity index (χ4v) is 2.10. The molecule has 0 bridgehead atoms. The van der Waals surface area contributed by atoms with Crippen molar-refractivity contribution in [2.45, 2.75) is 32.4 Å². The van der Waals surface area contributed by atoms with Crippen LogP contribution in [0.3, 0.4) is 0 Å². The van der Waals surface area contributed by atoms with Crippen LogP contribution in [0.1, 0.15) is 20.3 Å². The molecule has 1 rings (SSSR count). The van der Waals surface area contributed by atoms with E-state index in [9.17, 15) is 9.90 Å². The lowest BCUT2D eigenvalue weighted by molar-refractivity contribution is -0.894. The van der Waals surface area contributed by atoms with Gasteiger partial charge in [0, 0.05) is 12.3 Å². The zero-order valence-corrected chi connectivity index (χ0v) is 8.95. The smallest absolute Gasteiger partial charge is 0.195 e. The van der Waals surface area contributed by atoms with Crippen LogP contribution in [-0.4, -0.2) is 48.2 Å². The van der Waals surface area contributed by atoms with Crippen LogP contribution in [0.4, 0.5) is 0 Å². The van der Waals surface area contributed by atoms with Gasteiger partial charge in [-0.3, -0.25) is 4.79 Å². The van der Waals surface area contributed by atoms with Crippen LogP contribution in [0, 0.1) is 5.92 Å². The molecule has 3 nitrogen and oxygen atoms in total. The van der Waals surface area contributed by atoms with Crippen LogP contribution < -0.4 is 0 Å². The van der Waals surface area contributed by atoms with E-state index in [1.807, 2.05) is 27.9 Å². The van der Waals surface area contributed by atoms with Crippen LogP contribution in [0.5, 0.6) is 0 Å². The molecule has 0 amide bonds. The van der Waals surface area contributed by atoms with E-state index in [0.717, 1.165) is 13.0 Å². The Morgan fingerprint density at radius 3 is 2.31 bits per heavy atom. The summed E-state index contributed by atoms with van der Waals surface area (Å²) in [6.45, 7) is 4.69. The van der Waals surface area contributed by atoms with Gasteiger partial charge in [0.25, 0.3) is 0 Å². The highest BCUT2D eigenvalue weighted by molar-refractivity contribution is 5.85. The summed E-state index contributed by atoms with van der Waals surface area (Å²) >= 11 is 0. The number of ketones is 1. The predicted octanol–water partition coefficient (Wildman–Crippen LogP) is 0.421. The topological polar surface area (TPSA) is 37.3 Å². The Balaban J connectivity index is 2.82. The van der Waals surface area contributed by atoms with Crippen molar-refractivity contribution in [3.8, 4) is 0 Å². The van der Waals surface area contributed by atoms with Crippen LogP contribution in [-0.2, 0) is 4.79 Å². The van der Waals surface area contributed by atoms with Gasteiger partial charge in [0.2, 0.25) is 0 Å². The summed E-state index contributed by atoms with van der Waals surface area (Å²) in [7, 11) is 4.03. The third-order valence-electron chi connectivity index (χ3n) is 2.98. The molecule has 0 unspecified atom stereocenters. The molecule has 1 heterocycles. The van der Waals surface area contributed by atoms with Crippen molar-refractivity contribution in [2.75, 3.05) is 20.6 Å². The van der Waals surface area contributed by atoms with E-state index in [4.69, 9.17) is 0 Å². The first kappa shape index (κ1) is 10.7. The number of hydrogen-bond donors (Lipinski definition) is 1. The molecule has 0 radical (unpaired) electrons.